The highest BCUT2D eigenvalue weighted by Gasteiger charge is 2.41. The van der Waals surface area contributed by atoms with Gasteiger partial charge in [0, 0.05) is 79.0 Å². The molecular weight excluding hydrogens is 918 g/mol. The van der Waals surface area contributed by atoms with Gasteiger partial charge in [-0.2, -0.15) is 13.2 Å². The van der Waals surface area contributed by atoms with Gasteiger partial charge in [0.2, 0.25) is 0 Å². The number of amides is 1. The second-order valence-electron chi connectivity index (χ2n) is 18.6. The van der Waals surface area contributed by atoms with Gasteiger partial charge in [0.15, 0.2) is 0 Å². The van der Waals surface area contributed by atoms with Crippen LogP contribution in [0.1, 0.15) is 71.7 Å². The lowest BCUT2D eigenvalue weighted by Gasteiger charge is -2.34. The molecule has 6 aromatic rings. The van der Waals surface area contributed by atoms with Crippen molar-refractivity contribution in [3.8, 4) is 0 Å². The van der Waals surface area contributed by atoms with E-state index in [9.17, 15) is 27.6 Å². The summed E-state index contributed by atoms with van der Waals surface area (Å²) in [6, 6.07) is 35.5. The number of aromatic nitrogens is 3. The van der Waals surface area contributed by atoms with Crippen LogP contribution in [0.5, 0.6) is 0 Å². The van der Waals surface area contributed by atoms with E-state index in [2.05, 4.69) is 20.3 Å². The van der Waals surface area contributed by atoms with Crippen LogP contribution < -0.4 is 11.1 Å². The minimum Gasteiger partial charge on any atom is -0.475 e. The monoisotopic (exact) mass is 982 g/mol. The second-order valence-corrected chi connectivity index (χ2v) is 18.6. The number of fused-ring (bicyclic) bond motifs is 3. The first-order valence-corrected chi connectivity index (χ1v) is 23.6. The predicted molar refractivity (Wildman–Crippen MR) is 268 cm³/mol. The number of nitrogen functional groups attached to an aromatic ring is 1. The molecule has 17 heteroatoms. The van der Waals surface area contributed by atoms with Crippen LogP contribution in [0.3, 0.4) is 0 Å². The summed E-state index contributed by atoms with van der Waals surface area (Å²) >= 11 is 0. The summed E-state index contributed by atoms with van der Waals surface area (Å²) in [6.45, 7) is 11.0. The number of halogens is 3. The lowest BCUT2D eigenvalue weighted by molar-refractivity contribution is -0.192. The molecule has 8 rings (SSSR count). The molecule has 0 saturated carbocycles. The van der Waals surface area contributed by atoms with Crippen molar-refractivity contribution in [2.75, 3.05) is 33.0 Å². The Bertz CT molecular complexity index is 2730. The smallest absolute Gasteiger partial charge is 0.475 e. The van der Waals surface area contributed by atoms with Crippen molar-refractivity contribution in [2.45, 2.75) is 109 Å². The minimum atomic E-state index is -5.08. The van der Waals surface area contributed by atoms with Gasteiger partial charge in [0.25, 0.3) is 0 Å². The third kappa shape index (κ3) is 16.2. The van der Waals surface area contributed by atoms with Crippen LogP contribution in [-0.2, 0) is 41.4 Å². The van der Waals surface area contributed by atoms with Crippen LogP contribution in [0.15, 0.2) is 109 Å². The number of Topliss-reactive ketones (excluding diaryl/α,β-unsaturated/α-hetero) is 2. The summed E-state index contributed by atoms with van der Waals surface area (Å²) in [7, 11) is 3.30. The number of carboxylic acid groups (broad SMARTS) is 1. The fourth-order valence-corrected chi connectivity index (χ4v) is 8.63. The second kappa shape index (κ2) is 25.5. The Kier molecular flexibility index (Phi) is 19.9. The van der Waals surface area contributed by atoms with E-state index in [1.54, 1.807) is 19.1 Å². The first kappa shape index (κ1) is 55.4. The Balaban J connectivity index is 0.000000199. The van der Waals surface area contributed by atoms with Crippen LogP contribution >= 0.6 is 0 Å². The number of pyridine rings is 3. The number of nitrogens with one attached hydrogen (secondary N) is 1. The van der Waals surface area contributed by atoms with Crippen LogP contribution in [0.4, 0.5) is 23.8 Å². The first-order valence-electron chi connectivity index (χ1n) is 23.6. The first-order chi connectivity index (χ1) is 33.7. The maximum Gasteiger partial charge on any atom is 0.490 e. The van der Waals surface area contributed by atoms with Gasteiger partial charge in [-0.25, -0.2) is 14.6 Å². The molecule has 0 radical (unpaired) electrons. The maximum absolute atomic E-state index is 13.1. The number of rotatable bonds is 12. The van der Waals surface area contributed by atoms with E-state index in [4.69, 9.17) is 29.8 Å². The number of alkyl halides is 3. The number of carbonyl (C=O) groups is 4. The molecule has 0 aliphatic carbocycles. The molecule has 0 bridgehead atoms. The average Bonchev–Trinajstić information content (AvgIpc) is 4.06. The summed E-state index contributed by atoms with van der Waals surface area (Å²) in [5.41, 5.74) is 9.30. The number of nitrogens with two attached hydrogens (primary N) is 1. The lowest BCUT2D eigenvalue weighted by atomic mass is 9.90. The van der Waals surface area contributed by atoms with Crippen LogP contribution in [0.25, 0.3) is 32.7 Å². The number of hydrogen-bond donors (Lipinski definition) is 3. The Morgan fingerprint density at radius 1 is 0.690 bits per heavy atom. The van der Waals surface area contributed by atoms with Gasteiger partial charge in [-0.15, -0.1) is 0 Å². The number of carboxylic acids is 1. The van der Waals surface area contributed by atoms with Gasteiger partial charge in [0.1, 0.15) is 23.0 Å². The molecule has 14 nitrogen and oxygen atoms in total. The molecule has 2 fully saturated rings. The Morgan fingerprint density at radius 2 is 1.14 bits per heavy atom. The van der Waals surface area contributed by atoms with E-state index in [0.29, 0.717) is 18.8 Å². The zero-order chi connectivity index (χ0) is 51.9. The third-order valence-electron chi connectivity index (χ3n) is 12.2. The zero-order valence-corrected chi connectivity index (χ0v) is 41.3. The Morgan fingerprint density at radius 3 is 1.58 bits per heavy atom. The van der Waals surface area contributed by atoms with Crippen LogP contribution in [0.2, 0.25) is 0 Å². The van der Waals surface area contributed by atoms with E-state index < -0.39 is 17.7 Å². The molecule has 0 unspecified atom stereocenters. The number of likely N-dealkylation sites (tertiary alicyclic amines) is 1. The molecule has 5 heterocycles. The topological polar surface area (TPSA) is 196 Å². The van der Waals surface area contributed by atoms with Gasteiger partial charge in [-0.1, -0.05) is 80.6 Å². The number of carbonyl (C=O) groups excluding carboxylic acids is 3. The fourth-order valence-electron chi connectivity index (χ4n) is 8.63. The largest absolute Gasteiger partial charge is 0.490 e. The van der Waals surface area contributed by atoms with Crippen LogP contribution in [-0.4, -0.2) is 112 Å². The molecule has 3 aromatic carbocycles. The van der Waals surface area contributed by atoms with E-state index in [-0.39, 0.29) is 60.2 Å². The average molecular weight is 983 g/mol. The van der Waals surface area contributed by atoms with Crippen molar-refractivity contribution in [2.24, 2.45) is 11.8 Å². The van der Waals surface area contributed by atoms with Crippen molar-refractivity contribution in [1.29, 1.82) is 0 Å². The SMILES string of the molecule is CO[C@@H]([C@@H]1CCCN1)[C@@H](C)C(=O)Cc1ccc2ccccc2n1.CO[C@H]([C@@H](C)C(=O)Cc1ccc2ccccc2n1)[C@@H]1CCCN1C(=O)OC(C)(C)C.Nc1ccc2ccccc2n1.O=C(O)C(F)(F)F. The van der Waals surface area contributed by atoms with E-state index in [0.717, 1.165) is 76.3 Å². The molecule has 2 saturated heterocycles. The molecule has 0 spiro atoms. The van der Waals surface area contributed by atoms with Gasteiger partial charge in [-0.05, 0) is 95.5 Å². The molecule has 2 aliphatic heterocycles. The highest BCUT2D eigenvalue weighted by Crippen LogP contribution is 2.29. The normalized spacial score (nSPS) is 17.4. The Hall–Kier alpha value is -6.56. The molecular formula is C54H65F3N6O8. The van der Waals surface area contributed by atoms with Gasteiger partial charge >= 0.3 is 18.2 Å². The quantitative estimate of drug-likeness (QED) is 0.105. The van der Waals surface area contributed by atoms with Crippen molar-refractivity contribution >= 4 is 62.2 Å². The number of ether oxygens (including phenoxy) is 3. The van der Waals surface area contributed by atoms with Crippen molar-refractivity contribution in [3.63, 3.8) is 0 Å². The molecule has 1 amide bonds. The fraction of sp³-hybridized carbons (Fsp3) is 0.426. The third-order valence-corrected chi connectivity index (χ3v) is 12.2. The molecule has 3 aromatic heterocycles. The Labute approximate surface area is 412 Å². The van der Waals surface area contributed by atoms with Gasteiger partial charge in [0.05, 0.1) is 34.8 Å². The molecule has 6 atom stereocenters. The van der Waals surface area contributed by atoms with Crippen molar-refractivity contribution in [3.05, 3.63) is 121 Å². The number of methoxy groups -OCH3 is 2. The van der Waals surface area contributed by atoms with E-state index in [1.165, 1.54) is 0 Å². The molecule has 4 N–H and O–H groups in total. The molecule has 2 aliphatic rings. The van der Waals surface area contributed by atoms with E-state index in [1.807, 2.05) is 144 Å². The predicted octanol–water partition coefficient (Wildman–Crippen LogP) is 9.60. The standard InChI is InChI=1S/C24H32N2O4.C19H24N2O2.C9H8N2.C2HF3O2/c1-16(21(27)15-18-13-12-17-9-6-7-10-19(17)25-18)22(29-5)20-11-8-14-26(20)23(28)30-24(2,3)4;1-13(19(23-2)17-8-5-11-20-17)18(22)12-15-10-9-14-6-3-4-7-16(14)21-15;10-9-6-5-7-3-1-2-4-8(7)11-9;3-2(4,5)1(6)7/h6-7,9-10,12-13,16,20,22H,8,11,14-15H2,1-5H3;3-4,6-7,9-10,13,17,19-20H,5,8,11-12H2,1-2H3;1-6H,(H2,10,11);(H,6,7)/t16-,20-,22+;13-,17-,19+;;/m00../s1. The number of hydrogen-bond acceptors (Lipinski definition) is 12. The van der Waals surface area contributed by atoms with E-state index >= 15 is 0 Å². The summed E-state index contributed by atoms with van der Waals surface area (Å²) in [6.07, 6.45) is -1.38. The van der Waals surface area contributed by atoms with Gasteiger partial charge in [-0.3, -0.25) is 19.6 Å². The van der Waals surface area contributed by atoms with Gasteiger partial charge < -0.3 is 35.3 Å². The number of para-hydroxylation sites is 3. The molecule has 71 heavy (non-hydrogen) atoms. The number of ketones is 2. The van der Waals surface area contributed by atoms with Crippen molar-refractivity contribution < 1.29 is 51.7 Å². The lowest BCUT2D eigenvalue weighted by Crippen LogP contribution is -2.49. The highest BCUT2D eigenvalue weighted by molar-refractivity contribution is 5.86. The maximum atomic E-state index is 13.1. The summed E-state index contributed by atoms with van der Waals surface area (Å²) < 4.78 is 48.7. The summed E-state index contributed by atoms with van der Waals surface area (Å²) in [5, 5.41) is 13.8. The minimum absolute atomic E-state index is 0.0562. The zero-order valence-electron chi connectivity index (χ0n) is 41.3. The number of benzene rings is 3. The highest BCUT2D eigenvalue weighted by atomic mass is 19.4. The number of nitrogens with zero attached hydrogens (tertiary/aromatic N) is 4. The van der Waals surface area contributed by atoms with Crippen LogP contribution in [0, 0.1) is 11.8 Å². The summed E-state index contributed by atoms with van der Waals surface area (Å²) in [5.74, 6) is -2.44. The summed E-state index contributed by atoms with van der Waals surface area (Å²) in [4.78, 5) is 62.4. The number of aliphatic carboxylic acids is 1. The number of anilines is 1. The molecule has 380 valence electrons. The van der Waals surface area contributed by atoms with Crippen molar-refractivity contribution in [1.82, 2.24) is 25.2 Å².